The summed E-state index contributed by atoms with van der Waals surface area (Å²) in [6.07, 6.45) is 6.59. The molecule has 1 heterocycles. The van der Waals surface area contributed by atoms with Gasteiger partial charge in [-0.25, -0.2) is 4.98 Å². The van der Waals surface area contributed by atoms with Crippen molar-refractivity contribution >= 4 is 11.3 Å². The normalized spacial score (nSPS) is 25.9. The minimum Gasteiger partial charge on any atom is -0.314 e. The van der Waals surface area contributed by atoms with Gasteiger partial charge in [-0.3, -0.25) is 0 Å². The minimum atomic E-state index is 0.760. The number of thiazole rings is 1. The lowest BCUT2D eigenvalue weighted by Crippen LogP contribution is -2.34. The zero-order chi connectivity index (χ0) is 11.4. The van der Waals surface area contributed by atoms with Crippen LogP contribution in [-0.2, 0) is 6.42 Å². The molecule has 0 atom stereocenters. The number of aromatic nitrogens is 1. The second-order valence-electron chi connectivity index (χ2n) is 5.02. The summed E-state index contributed by atoms with van der Waals surface area (Å²) in [6, 6.07) is 0.760. The Morgan fingerprint density at radius 3 is 2.75 bits per heavy atom. The van der Waals surface area contributed by atoms with Crippen LogP contribution in [0, 0.1) is 12.8 Å². The fraction of sp³-hybridized carbons (Fsp3) is 0.769. The number of hydrogen-bond acceptors (Lipinski definition) is 3. The van der Waals surface area contributed by atoms with E-state index in [0.717, 1.165) is 24.9 Å². The largest absolute Gasteiger partial charge is 0.314 e. The van der Waals surface area contributed by atoms with Crippen LogP contribution < -0.4 is 5.32 Å². The van der Waals surface area contributed by atoms with Crippen LogP contribution >= 0.6 is 11.3 Å². The number of rotatable bonds is 4. The van der Waals surface area contributed by atoms with E-state index in [1.165, 1.54) is 36.4 Å². The van der Waals surface area contributed by atoms with Crippen molar-refractivity contribution in [2.45, 2.75) is 52.0 Å². The van der Waals surface area contributed by atoms with Gasteiger partial charge in [0.1, 0.15) is 0 Å². The molecular weight excluding hydrogens is 216 g/mol. The van der Waals surface area contributed by atoms with E-state index >= 15 is 0 Å². The molecule has 0 saturated heterocycles. The highest BCUT2D eigenvalue weighted by molar-refractivity contribution is 7.09. The van der Waals surface area contributed by atoms with E-state index in [1.807, 2.05) is 0 Å². The summed E-state index contributed by atoms with van der Waals surface area (Å²) < 4.78 is 0. The number of nitrogens with zero attached hydrogens (tertiary/aromatic N) is 1. The van der Waals surface area contributed by atoms with Gasteiger partial charge in [-0.05, 0) is 38.5 Å². The van der Waals surface area contributed by atoms with E-state index in [-0.39, 0.29) is 0 Å². The van der Waals surface area contributed by atoms with Crippen molar-refractivity contribution in [3.8, 4) is 0 Å². The van der Waals surface area contributed by atoms with Gasteiger partial charge in [-0.15, -0.1) is 11.3 Å². The molecule has 1 saturated carbocycles. The van der Waals surface area contributed by atoms with Gasteiger partial charge < -0.3 is 5.32 Å². The molecule has 0 aromatic carbocycles. The van der Waals surface area contributed by atoms with Crippen LogP contribution in [0.3, 0.4) is 0 Å². The summed E-state index contributed by atoms with van der Waals surface area (Å²) in [5, 5.41) is 7.03. The first-order chi connectivity index (χ1) is 7.74. The van der Waals surface area contributed by atoms with Crippen LogP contribution in [0.15, 0.2) is 5.38 Å². The Hall–Kier alpha value is -0.410. The second kappa shape index (κ2) is 5.78. The first kappa shape index (κ1) is 12.1. The average molecular weight is 238 g/mol. The lowest BCUT2D eigenvalue weighted by Gasteiger charge is -2.26. The molecule has 1 aromatic rings. The summed E-state index contributed by atoms with van der Waals surface area (Å²) in [4.78, 5) is 4.48. The molecule has 16 heavy (non-hydrogen) atoms. The van der Waals surface area contributed by atoms with E-state index in [9.17, 15) is 0 Å². The molecule has 1 aliphatic carbocycles. The van der Waals surface area contributed by atoms with Gasteiger partial charge in [0.15, 0.2) is 0 Å². The lowest BCUT2D eigenvalue weighted by atomic mass is 9.87. The first-order valence-corrected chi connectivity index (χ1v) is 7.26. The molecule has 0 bridgehead atoms. The van der Waals surface area contributed by atoms with Crippen LogP contribution in [0.25, 0.3) is 0 Å². The van der Waals surface area contributed by atoms with Crippen molar-refractivity contribution in [1.29, 1.82) is 0 Å². The van der Waals surface area contributed by atoms with Crippen LogP contribution in [-0.4, -0.2) is 17.6 Å². The minimum absolute atomic E-state index is 0.760. The van der Waals surface area contributed by atoms with Gasteiger partial charge in [0, 0.05) is 24.4 Å². The Morgan fingerprint density at radius 1 is 1.38 bits per heavy atom. The summed E-state index contributed by atoms with van der Waals surface area (Å²) in [5.41, 5.74) is 1.25. The van der Waals surface area contributed by atoms with Gasteiger partial charge in [0.25, 0.3) is 0 Å². The molecule has 3 heteroatoms. The Bertz CT molecular complexity index is 313. The summed E-state index contributed by atoms with van der Waals surface area (Å²) >= 11 is 1.75. The van der Waals surface area contributed by atoms with Crippen LogP contribution in [0.4, 0.5) is 0 Å². The number of hydrogen-bond donors (Lipinski definition) is 1. The van der Waals surface area contributed by atoms with Gasteiger partial charge in [-0.1, -0.05) is 6.92 Å². The molecule has 2 rings (SSSR count). The maximum absolute atomic E-state index is 4.48. The third kappa shape index (κ3) is 3.56. The molecule has 1 aromatic heterocycles. The highest BCUT2D eigenvalue weighted by atomic mass is 32.1. The molecule has 1 fully saturated rings. The summed E-state index contributed by atoms with van der Waals surface area (Å²) in [6.45, 7) is 5.53. The predicted octanol–water partition coefficient (Wildman–Crippen LogP) is 3.16. The summed E-state index contributed by atoms with van der Waals surface area (Å²) in [5.74, 6) is 0.944. The number of nitrogens with one attached hydrogen (secondary N) is 1. The van der Waals surface area contributed by atoms with E-state index in [1.54, 1.807) is 11.3 Å². The topological polar surface area (TPSA) is 24.9 Å². The van der Waals surface area contributed by atoms with Crippen molar-refractivity contribution in [1.82, 2.24) is 10.3 Å². The Labute approximate surface area is 102 Å². The molecule has 1 N–H and O–H groups in total. The second-order valence-corrected chi connectivity index (χ2v) is 6.08. The fourth-order valence-electron chi connectivity index (χ4n) is 2.39. The fourth-order valence-corrected chi connectivity index (χ4v) is 3.04. The molecule has 0 spiro atoms. The number of aryl methyl sites for hydroxylation is 1. The van der Waals surface area contributed by atoms with E-state index in [4.69, 9.17) is 0 Å². The molecule has 0 unspecified atom stereocenters. The maximum atomic E-state index is 4.48. The highest BCUT2D eigenvalue weighted by Gasteiger charge is 2.17. The Morgan fingerprint density at radius 2 is 2.12 bits per heavy atom. The smallest absolute Gasteiger partial charge is 0.0897 e. The highest BCUT2D eigenvalue weighted by Crippen LogP contribution is 2.23. The van der Waals surface area contributed by atoms with E-state index in [2.05, 4.69) is 29.5 Å². The molecular formula is C13H22N2S. The molecule has 0 radical (unpaired) electrons. The van der Waals surface area contributed by atoms with Gasteiger partial charge >= 0.3 is 0 Å². The van der Waals surface area contributed by atoms with Crippen LogP contribution in [0.5, 0.6) is 0 Å². The third-order valence-corrected chi connectivity index (χ3v) is 4.32. The van der Waals surface area contributed by atoms with Crippen molar-refractivity contribution in [3.05, 3.63) is 16.1 Å². The van der Waals surface area contributed by atoms with Gasteiger partial charge in [-0.2, -0.15) is 0 Å². The zero-order valence-electron chi connectivity index (χ0n) is 10.3. The molecule has 0 amide bonds. The third-order valence-electron chi connectivity index (χ3n) is 3.50. The van der Waals surface area contributed by atoms with E-state index in [0.29, 0.717) is 0 Å². The molecule has 1 aliphatic rings. The van der Waals surface area contributed by atoms with Gasteiger partial charge in [0.2, 0.25) is 0 Å². The standard InChI is InChI=1S/C13H22N2S/c1-10-3-5-12(6-4-10)14-8-7-13-9-16-11(2)15-13/h9-10,12,14H,3-8H2,1-2H3. The van der Waals surface area contributed by atoms with Crippen molar-refractivity contribution in [2.75, 3.05) is 6.54 Å². The molecule has 90 valence electrons. The van der Waals surface area contributed by atoms with Gasteiger partial charge in [0.05, 0.1) is 10.7 Å². The van der Waals surface area contributed by atoms with Crippen LogP contribution in [0.1, 0.15) is 43.3 Å². The predicted molar refractivity (Wildman–Crippen MR) is 70.0 cm³/mol. The summed E-state index contributed by atoms with van der Waals surface area (Å²) in [7, 11) is 0. The SMILES string of the molecule is Cc1nc(CCNC2CCC(C)CC2)cs1. The molecule has 2 nitrogen and oxygen atoms in total. The monoisotopic (exact) mass is 238 g/mol. The van der Waals surface area contributed by atoms with Crippen molar-refractivity contribution in [3.63, 3.8) is 0 Å². The lowest BCUT2D eigenvalue weighted by molar-refractivity contribution is 0.309. The van der Waals surface area contributed by atoms with E-state index < -0.39 is 0 Å². The Kier molecular flexibility index (Phi) is 4.36. The first-order valence-electron chi connectivity index (χ1n) is 6.38. The Balaban J connectivity index is 1.64. The maximum Gasteiger partial charge on any atom is 0.0897 e. The zero-order valence-corrected chi connectivity index (χ0v) is 11.1. The average Bonchev–Trinajstić information content (AvgIpc) is 2.67. The van der Waals surface area contributed by atoms with Crippen molar-refractivity contribution in [2.24, 2.45) is 5.92 Å². The quantitative estimate of drug-likeness (QED) is 0.871. The van der Waals surface area contributed by atoms with Crippen LogP contribution in [0.2, 0.25) is 0 Å². The van der Waals surface area contributed by atoms with Crippen molar-refractivity contribution < 1.29 is 0 Å². The molecule has 0 aliphatic heterocycles.